The van der Waals surface area contributed by atoms with Crippen LogP contribution in [-0.2, 0) is 0 Å². The number of halogens is 4. The minimum absolute atomic E-state index is 0. The van der Waals surface area contributed by atoms with Gasteiger partial charge in [-0.3, -0.25) is 0 Å². The van der Waals surface area contributed by atoms with E-state index in [9.17, 15) is 17.6 Å². The van der Waals surface area contributed by atoms with Crippen LogP contribution in [0.15, 0.2) is 6.07 Å². The van der Waals surface area contributed by atoms with Gasteiger partial charge in [-0.1, -0.05) is 0 Å². The summed E-state index contributed by atoms with van der Waals surface area (Å²) in [5.74, 6) is -6.98. The van der Waals surface area contributed by atoms with Crippen LogP contribution in [0, 0.1) is 23.3 Å². The molecule has 0 amide bonds. The molecule has 0 aliphatic carbocycles. The van der Waals surface area contributed by atoms with E-state index in [0.717, 1.165) is 0 Å². The summed E-state index contributed by atoms with van der Waals surface area (Å²) < 4.78 is 49.9. The fourth-order valence-electron chi connectivity index (χ4n) is 0.818. The Labute approximate surface area is 73.5 Å². The Morgan fingerprint density at radius 1 is 1.00 bits per heavy atom. The number of benzene rings is 1. The quantitative estimate of drug-likeness (QED) is 0.389. The largest absolute Gasteiger partial charge is 0.494 e. The molecule has 0 spiro atoms. The SMILES string of the molecule is OB(O)c1c(F)c(F)cc(F)c1F.[HH].[HH]. The van der Waals surface area contributed by atoms with Gasteiger partial charge in [0.25, 0.3) is 0 Å². The van der Waals surface area contributed by atoms with Crippen molar-refractivity contribution in [1.29, 1.82) is 0 Å². The molecule has 74 valence electrons. The summed E-state index contributed by atoms with van der Waals surface area (Å²) in [6.45, 7) is 0. The van der Waals surface area contributed by atoms with Crippen LogP contribution in [0.3, 0.4) is 0 Å². The Hall–Kier alpha value is -1.08. The summed E-state index contributed by atoms with van der Waals surface area (Å²) in [5, 5.41) is 16.8. The third-order valence-corrected chi connectivity index (χ3v) is 1.40. The standard InChI is InChI=1S/C6H3BF4O2.2H2/c8-2-1-3(9)6(11)4(5(2)10)7(12)13;;/h1,12-13H;2*1H. The van der Waals surface area contributed by atoms with E-state index in [1.807, 2.05) is 0 Å². The topological polar surface area (TPSA) is 40.5 Å². The first-order valence-electron chi connectivity index (χ1n) is 3.14. The molecule has 2 nitrogen and oxygen atoms in total. The van der Waals surface area contributed by atoms with Crippen LogP contribution in [-0.4, -0.2) is 17.2 Å². The van der Waals surface area contributed by atoms with Crippen LogP contribution in [0.5, 0.6) is 0 Å². The second-order valence-corrected chi connectivity index (χ2v) is 2.26. The summed E-state index contributed by atoms with van der Waals surface area (Å²) in [6.07, 6.45) is 0. The van der Waals surface area contributed by atoms with Crippen LogP contribution < -0.4 is 5.46 Å². The zero-order chi connectivity index (χ0) is 10.2. The Morgan fingerprint density at radius 2 is 1.38 bits per heavy atom. The summed E-state index contributed by atoms with van der Waals surface area (Å²) in [7, 11) is -2.59. The third kappa shape index (κ3) is 1.66. The lowest BCUT2D eigenvalue weighted by molar-refractivity contribution is 0.408. The van der Waals surface area contributed by atoms with E-state index in [-0.39, 0.29) is 8.92 Å². The first kappa shape index (κ1) is 10.0. The summed E-state index contributed by atoms with van der Waals surface area (Å²) in [4.78, 5) is 0. The minimum Gasteiger partial charge on any atom is -0.423 e. The van der Waals surface area contributed by atoms with Crippen molar-refractivity contribution < 1.29 is 30.5 Å². The van der Waals surface area contributed by atoms with Crippen molar-refractivity contribution in [2.24, 2.45) is 0 Å². The number of hydrogen-bond acceptors (Lipinski definition) is 2. The number of hydrogen-bond donors (Lipinski definition) is 2. The zero-order valence-electron chi connectivity index (χ0n) is 6.06. The molecule has 0 bridgehead atoms. The number of rotatable bonds is 1. The molecule has 0 fully saturated rings. The van der Waals surface area contributed by atoms with Gasteiger partial charge in [0.2, 0.25) is 0 Å². The third-order valence-electron chi connectivity index (χ3n) is 1.40. The molecular formula is C6H7BF4O2. The lowest BCUT2D eigenvalue weighted by atomic mass is 9.79. The molecule has 2 N–H and O–H groups in total. The molecule has 0 heterocycles. The van der Waals surface area contributed by atoms with E-state index in [2.05, 4.69) is 0 Å². The molecule has 0 saturated carbocycles. The lowest BCUT2D eigenvalue weighted by Crippen LogP contribution is -2.37. The lowest BCUT2D eigenvalue weighted by Gasteiger charge is -2.04. The monoisotopic (exact) mass is 198 g/mol. The fraction of sp³-hybridized carbons (Fsp3) is 0. The second kappa shape index (κ2) is 3.35. The molecule has 13 heavy (non-hydrogen) atoms. The highest BCUT2D eigenvalue weighted by Gasteiger charge is 2.27. The molecule has 0 aliphatic heterocycles. The molecule has 0 atom stereocenters. The predicted molar refractivity (Wildman–Crippen MR) is 40.3 cm³/mol. The van der Waals surface area contributed by atoms with Crippen LogP contribution in [0.1, 0.15) is 2.85 Å². The van der Waals surface area contributed by atoms with Gasteiger partial charge < -0.3 is 10.0 Å². The maximum absolute atomic E-state index is 12.6. The molecule has 1 rings (SSSR count). The highest BCUT2D eigenvalue weighted by atomic mass is 19.2. The normalized spacial score (nSPS) is 10.3. The van der Waals surface area contributed by atoms with Gasteiger partial charge in [0.05, 0.1) is 5.46 Å². The summed E-state index contributed by atoms with van der Waals surface area (Å²) in [6, 6.07) is -0.0173. The average molecular weight is 198 g/mol. The van der Waals surface area contributed by atoms with Gasteiger partial charge >= 0.3 is 7.12 Å². The van der Waals surface area contributed by atoms with Gasteiger partial charge in [-0.15, -0.1) is 0 Å². The highest BCUT2D eigenvalue weighted by molar-refractivity contribution is 6.58. The predicted octanol–water partition coefficient (Wildman–Crippen LogP) is 0.415. The van der Waals surface area contributed by atoms with Crippen molar-refractivity contribution in [3.05, 3.63) is 29.3 Å². The smallest absolute Gasteiger partial charge is 0.423 e. The van der Waals surface area contributed by atoms with Gasteiger partial charge in [0.15, 0.2) is 23.3 Å². The maximum Gasteiger partial charge on any atom is 0.494 e. The molecule has 7 heteroatoms. The van der Waals surface area contributed by atoms with Crippen molar-refractivity contribution in [2.75, 3.05) is 0 Å². The Bertz CT molecular complexity index is 324. The Balaban J connectivity index is 0. The second-order valence-electron chi connectivity index (χ2n) is 2.26. The molecule has 0 aromatic heterocycles. The van der Waals surface area contributed by atoms with Crippen molar-refractivity contribution >= 4 is 12.6 Å². The van der Waals surface area contributed by atoms with Crippen molar-refractivity contribution in [2.45, 2.75) is 0 Å². The van der Waals surface area contributed by atoms with Gasteiger partial charge in [-0.25, -0.2) is 17.6 Å². The van der Waals surface area contributed by atoms with Gasteiger partial charge in [-0.05, 0) is 0 Å². The van der Waals surface area contributed by atoms with Gasteiger partial charge in [0.1, 0.15) is 0 Å². The van der Waals surface area contributed by atoms with E-state index in [1.165, 1.54) is 0 Å². The van der Waals surface area contributed by atoms with Crippen LogP contribution >= 0.6 is 0 Å². The molecular weight excluding hydrogens is 191 g/mol. The molecule has 0 saturated heterocycles. The Kier molecular flexibility index (Phi) is 2.58. The van der Waals surface area contributed by atoms with E-state index >= 15 is 0 Å². The maximum atomic E-state index is 12.6. The van der Waals surface area contributed by atoms with Crippen LogP contribution in [0.4, 0.5) is 17.6 Å². The van der Waals surface area contributed by atoms with E-state index < -0.39 is 35.9 Å². The van der Waals surface area contributed by atoms with Gasteiger partial charge in [0, 0.05) is 8.92 Å². The van der Waals surface area contributed by atoms with Crippen LogP contribution in [0.25, 0.3) is 0 Å². The van der Waals surface area contributed by atoms with E-state index in [1.54, 1.807) is 0 Å². The molecule has 1 aromatic carbocycles. The van der Waals surface area contributed by atoms with Gasteiger partial charge in [-0.2, -0.15) is 0 Å². The fourth-order valence-corrected chi connectivity index (χ4v) is 0.818. The average Bonchev–Trinajstić information content (AvgIpc) is 2.01. The van der Waals surface area contributed by atoms with E-state index in [0.29, 0.717) is 0 Å². The van der Waals surface area contributed by atoms with Crippen molar-refractivity contribution in [3.8, 4) is 0 Å². The van der Waals surface area contributed by atoms with Crippen molar-refractivity contribution in [3.63, 3.8) is 0 Å². The van der Waals surface area contributed by atoms with Crippen molar-refractivity contribution in [1.82, 2.24) is 0 Å². The molecule has 1 aromatic rings. The summed E-state index contributed by atoms with van der Waals surface area (Å²) >= 11 is 0. The molecule has 0 unspecified atom stereocenters. The molecule has 0 radical (unpaired) electrons. The van der Waals surface area contributed by atoms with Crippen LogP contribution in [0.2, 0.25) is 0 Å². The first-order valence-corrected chi connectivity index (χ1v) is 3.14. The summed E-state index contributed by atoms with van der Waals surface area (Å²) in [5.41, 5.74) is -1.43. The zero-order valence-corrected chi connectivity index (χ0v) is 6.06. The Morgan fingerprint density at radius 3 is 1.69 bits per heavy atom. The first-order chi connectivity index (χ1) is 5.95. The highest BCUT2D eigenvalue weighted by Crippen LogP contribution is 2.10. The minimum atomic E-state index is -2.59. The molecule has 0 aliphatic rings. The van der Waals surface area contributed by atoms with E-state index in [4.69, 9.17) is 10.0 Å².